The quantitative estimate of drug-likeness (QED) is 0.131. The third kappa shape index (κ3) is 8.50. The molecule has 0 spiro atoms. The molecule has 0 aliphatic heterocycles. The Kier molecular flexibility index (Phi) is 12.2. The molecule has 3 rings (SSSR count). The van der Waals surface area contributed by atoms with Crippen molar-refractivity contribution in [2.45, 2.75) is 105 Å². The molecule has 3 aromatic rings. The number of hydrogen-bond acceptors (Lipinski definition) is 2. The molecule has 3 aromatic carbocycles. The van der Waals surface area contributed by atoms with E-state index in [0.717, 1.165) is 12.8 Å². The van der Waals surface area contributed by atoms with Crippen molar-refractivity contribution in [2.24, 2.45) is 11.8 Å². The second-order valence-corrected chi connectivity index (χ2v) is 15.6. The summed E-state index contributed by atoms with van der Waals surface area (Å²) in [6.45, 7) is 9.17. The number of hydrogen-bond donors (Lipinski definition) is 2. The average Bonchev–Trinajstić information content (AvgIpc) is 2.95. The molecule has 2 atom stereocenters. The second-order valence-electron chi connectivity index (χ2n) is 12.0. The molecule has 2 N–H and O–H groups in total. The van der Waals surface area contributed by atoms with Crippen LogP contribution in [-0.4, -0.2) is 9.79 Å². The monoisotopic (exact) mass is 548 g/mol. The van der Waals surface area contributed by atoms with Gasteiger partial charge < -0.3 is 0 Å². The molecule has 2 unspecified atom stereocenters. The Labute approximate surface area is 239 Å². The molecule has 0 aromatic heterocycles. The Bertz CT molecular complexity index is 1020. The molecule has 0 saturated heterocycles. The molecule has 39 heavy (non-hydrogen) atoms. The van der Waals surface area contributed by atoms with E-state index < -0.39 is 7.06 Å². The molecule has 2 nitrogen and oxygen atoms in total. The SMILES string of the molecule is CCCCCCC(C)Cc1ccc(P(O)(O)(c2ccccc2)c2ccc(CC(C)CCCCCC)cc2)cc1. The van der Waals surface area contributed by atoms with Gasteiger partial charge in [-0.3, -0.25) is 0 Å². The molecular formula is C36H53O2P. The summed E-state index contributed by atoms with van der Waals surface area (Å²) in [6, 6.07) is 25.7. The van der Waals surface area contributed by atoms with E-state index in [1.54, 1.807) is 0 Å². The van der Waals surface area contributed by atoms with Crippen molar-refractivity contribution in [3.63, 3.8) is 0 Å². The first-order valence-electron chi connectivity index (χ1n) is 15.5. The van der Waals surface area contributed by atoms with Gasteiger partial charge in [-0.2, -0.15) is 0 Å². The van der Waals surface area contributed by atoms with Crippen molar-refractivity contribution in [1.29, 1.82) is 0 Å². The molecule has 0 bridgehead atoms. The first-order chi connectivity index (χ1) is 18.8. The van der Waals surface area contributed by atoms with Crippen LogP contribution in [0.2, 0.25) is 0 Å². The predicted octanol–water partition coefficient (Wildman–Crippen LogP) is 8.63. The van der Waals surface area contributed by atoms with Crippen molar-refractivity contribution in [3.05, 3.63) is 90.0 Å². The Hall–Kier alpha value is -1.99. The Morgan fingerprint density at radius 3 is 1.28 bits per heavy atom. The van der Waals surface area contributed by atoms with Gasteiger partial charge in [-0.1, -0.05) is 0 Å². The first kappa shape index (κ1) is 31.5. The minimum atomic E-state index is -4.57. The normalized spacial score (nSPS) is 14.5. The fourth-order valence-electron chi connectivity index (χ4n) is 5.83. The first-order valence-corrected chi connectivity index (χ1v) is 17.7. The van der Waals surface area contributed by atoms with Gasteiger partial charge in [0.15, 0.2) is 0 Å². The van der Waals surface area contributed by atoms with E-state index in [9.17, 15) is 9.79 Å². The van der Waals surface area contributed by atoms with Crippen LogP contribution < -0.4 is 15.9 Å². The van der Waals surface area contributed by atoms with Gasteiger partial charge >= 0.3 is 239 Å². The zero-order valence-corrected chi connectivity index (χ0v) is 25.9. The zero-order valence-electron chi connectivity index (χ0n) is 25.0. The van der Waals surface area contributed by atoms with Crippen LogP contribution in [0.1, 0.15) is 103 Å². The zero-order chi connectivity index (χ0) is 28.2. The van der Waals surface area contributed by atoms with E-state index >= 15 is 0 Å². The van der Waals surface area contributed by atoms with E-state index in [1.165, 1.54) is 75.3 Å². The topological polar surface area (TPSA) is 40.5 Å². The third-order valence-corrected chi connectivity index (χ3v) is 12.2. The van der Waals surface area contributed by atoms with Crippen LogP contribution in [-0.2, 0) is 12.8 Å². The van der Waals surface area contributed by atoms with E-state index in [0.29, 0.717) is 27.7 Å². The van der Waals surface area contributed by atoms with Crippen molar-refractivity contribution in [1.82, 2.24) is 0 Å². The van der Waals surface area contributed by atoms with E-state index in [2.05, 4.69) is 52.0 Å². The molecular weight excluding hydrogens is 495 g/mol. The number of rotatable bonds is 17. The molecule has 0 aliphatic rings. The summed E-state index contributed by atoms with van der Waals surface area (Å²) in [5.74, 6) is 1.25. The van der Waals surface area contributed by atoms with E-state index in [1.807, 2.05) is 54.6 Å². The van der Waals surface area contributed by atoms with Gasteiger partial charge in [-0.25, -0.2) is 0 Å². The van der Waals surface area contributed by atoms with Crippen LogP contribution in [0.5, 0.6) is 0 Å². The summed E-state index contributed by atoms with van der Waals surface area (Å²) >= 11 is 0. The molecule has 0 amide bonds. The second kappa shape index (κ2) is 15.1. The van der Waals surface area contributed by atoms with Gasteiger partial charge in [-0.05, 0) is 0 Å². The van der Waals surface area contributed by atoms with E-state index in [-0.39, 0.29) is 0 Å². The van der Waals surface area contributed by atoms with Crippen LogP contribution in [0.25, 0.3) is 0 Å². The van der Waals surface area contributed by atoms with Crippen LogP contribution in [0, 0.1) is 11.8 Å². The van der Waals surface area contributed by atoms with Crippen LogP contribution in [0.4, 0.5) is 0 Å². The van der Waals surface area contributed by atoms with Gasteiger partial charge in [-0.15, -0.1) is 0 Å². The molecule has 0 saturated carbocycles. The summed E-state index contributed by atoms with van der Waals surface area (Å²) in [5.41, 5.74) is 2.52. The van der Waals surface area contributed by atoms with Crippen molar-refractivity contribution in [2.75, 3.05) is 0 Å². The number of benzene rings is 3. The van der Waals surface area contributed by atoms with Crippen LogP contribution >= 0.6 is 7.06 Å². The van der Waals surface area contributed by atoms with Gasteiger partial charge in [0.05, 0.1) is 0 Å². The maximum absolute atomic E-state index is 12.5. The van der Waals surface area contributed by atoms with Gasteiger partial charge in [0.25, 0.3) is 0 Å². The van der Waals surface area contributed by atoms with Gasteiger partial charge in [0.2, 0.25) is 0 Å². The fourth-order valence-corrected chi connectivity index (χ4v) is 8.89. The van der Waals surface area contributed by atoms with Gasteiger partial charge in [0.1, 0.15) is 0 Å². The van der Waals surface area contributed by atoms with Crippen molar-refractivity contribution < 1.29 is 9.79 Å². The van der Waals surface area contributed by atoms with E-state index in [4.69, 9.17) is 0 Å². The van der Waals surface area contributed by atoms with Crippen LogP contribution in [0.3, 0.4) is 0 Å². The standard InChI is InChI=1S/C36H53O2P/c1-5-7-9-12-16-30(3)28-32-20-24-35(25-21-32)39(37,38,34-18-14-11-15-19-34)36-26-22-33(23-27-36)29-31(4)17-13-10-8-6-2/h11,14-15,18-27,30-31,37-38H,5-10,12-13,16-17,28-29H2,1-4H3. The average molecular weight is 549 g/mol. The van der Waals surface area contributed by atoms with Crippen molar-refractivity contribution >= 4 is 23.0 Å². The summed E-state index contributed by atoms with van der Waals surface area (Å²) in [4.78, 5) is 24.9. The third-order valence-electron chi connectivity index (χ3n) is 8.37. The molecule has 0 aliphatic carbocycles. The molecule has 0 fully saturated rings. The maximum atomic E-state index is 12.5. The van der Waals surface area contributed by atoms with Crippen molar-refractivity contribution in [3.8, 4) is 0 Å². The minimum absolute atomic E-state index is 0.581. The molecule has 0 heterocycles. The Balaban J connectivity index is 1.81. The van der Waals surface area contributed by atoms with Crippen LogP contribution in [0.15, 0.2) is 78.9 Å². The summed E-state index contributed by atoms with van der Waals surface area (Å²) in [5, 5.41) is 1.78. The number of unbranched alkanes of at least 4 members (excludes halogenated alkanes) is 6. The molecule has 214 valence electrons. The summed E-state index contributed by atoms with van der Waals surface area (Å²) in [6.07, 6.45) is 14.9. The Morgan fingerprint density at radius 2 is 0.897 bits per heavy atom. The van der Waals surface area contributed by atoms with Gasteiger partial charge in [0, 0.05) is 0 Å². The summed E-state index contributed by atoms with van der Waals surface area (Å²) in [7, 11) is -4.57. The Morgan fingerprint density at radius 1 is 0.513 bits per heavy atom. The molecule has 3 heteroatoms. The molecule has 0 radical (unpaired) electrons. The predicted molar refractivity (Wildman–Crippen MR) is 173 cm³/mol. The summed E-state index contributed by atoms with van der Waals surface area (Å²) < 4.78 is 0. The fraction of sp³-hybridized carbons (Fsp3) is 0.500.